The van der Waals surface area contributed by atoms with Crippen molar-refractivity contribution < 1.29 is 8.42 Å². The first-order valence-corrected chi connectivity index (χ1v) is 8.02. The van der Waals surface area contributed by atoms with Gasteiger partial charge in [0.2, 0.25) is 0 Å². The predicted molar refractivity (Wildman–Crippen MR) is 73.0 cm³/mol. The van der Waals surface area contributed by atoms with Crippen LogP contribution in [0.3, 0.4) is 0 Å². The number of piperazine rings is 1. The van der Waals surface area contributed by atoms with Crippen LogP contribution in [0.2, 0.25) is 0 Å². The van der Waals surface area contributed by atoms with E-state index in [2.05, 4.69) is 10.6 Å². The summed E-state index contributed by atoms with van der Waals surface area (Å²) in [7, 11) is -3.06. The van der Waals surface area contributed by atoms with Crippen molar-refractivity contribution in [3.05, 3.63) is 29.3 Å². The van der Waals surface area contributed by atoms with Gasteiger partial charge in [0.15, 0.2) is 9.84 Å². The quantitative estimate of drug-likeness (QED) is 0.675. The summed E-state index contributed by atoms with van der Waals surface area (Å²) in [6.07, 6.45) is 1.24. The number of nitrogens with two attached hydrogens (primary N) is 1. The van der Waals surface area contributed by atoms with Gasteiger partial charge in [-0.1, -0.05) is 6.07 Å². The third kappa shape index (κ3) is 3.44. The first-order chi connectivity index (χ1) is 8.46. The van der Waals surface area contributed by atoms with Gasteiger partial charge >= 0.3 is 0 Å². The van der Waals surface area contributed by atoms with Crippen molar-refractivity contribution in [2.24, 2.45) is 0 Å². The number of benzene rings is 1. The van der Waals surface area contributed by atoms with Crippen molar-refractivity contribution in [2.75, 3.05) is 31.6 Å². The van der Waals surface area contributed by atoms with Crippen molar-refractivity contribution in [1.82, 2.24) is 10.6 Å². The molecule has 1 heterocycles. The fourth-order valence-corrected chi connectivity index (χ4v) is 3.06. The lowest BCUT2D eigenvalue weighted by Gasteiger charge is -2.26. The number of nitrogen functional groups attached to an aromatic ring is 1. The van der Waals surface area contributed by atoms with E-state index >= 15 is 0 Å². The lowest BCUT2D eigenvalue weighted by Crippen LogP contribution is -2.43. The smallest absolute Gasteiger partial charge is 0.151 e. The number of sulfone groups is 1. The van der Waals surface area contributed by atoms with Gasteiger partial charge in [0, 0.05) is 37.6 Å². The molecule has 1 aromatic rings. The molecule has 0 aliphatic carbocycles. The van der Waals surface area contributed by atoms with Crippen LogP contribution in [0.5, 0.6) is 0 Å². The molecule has 1 aromatic carbocycles. The Bertz CT molecular complexity index is 522. The molecule has 1 aliphatic heterocycles. The highest BCUT2D eigenvalue weighted by molar-refractivity contribution is 7.89. The summed E-state index contributed by atoms with van der Waals surface area (Å²) in [6.45, 7) is 2.63. The van der Waals surface area contributed by atoms with E-state index in [1.54, 1.807) is 6.07 Å². The highest BCUT2D eigenvalue weighted by Gasteiger charge is 2.19. The van der Waals surface area contributed by atoms with E-state index in [-0.39, 0.29) is 11.8 Å². The molecule has 4 N–H and O–H groups in total. The molecule has 2 rings (SSSR count). The second kappa shape index (κ2) is 5.26. The summed E-state index contributed by atoms with van der Waals surface area (Å²) in [5.74, 6) is 0.0333. The van der Waals surface area contributed by atoms with Gasteiger partial charge in [-0.25, -0.2) is 8.42 Å². The Labute approximate surface area is 108 Å². The molecule has 0 saturated carbocycles. The summed E-state index contributed by atoms with van der Waals surface area (Å²) >= 11 is 0. The molecule has 1 aliphatic rings. The highest BCUT2D eigenvalue weighted by atomic mass is 32.2. The molecule has 5 nitrogen and oxygen atoms in total. The molecule has 0 aromatic heterocycles. The van der Waals surface area contributed by atoms with Crippen molar-refractivity contribution >= 4 is 15.5 Å². The van der Waals surface area contributed by atoms with Gasteiger partial charge in [-0.15, -0.1) is 0 Å². The van der Waals surface area contributed by atoms with Gasteiger partial charge in [0.05, 0.1) is 5.75 Å². The zero-order valence-corrected chi connectivity index (χ0v) is 11.3. The fourth-order valence-electron chi connectivity index (χ4n) is 2.25. The van der Waals surface area contributed by atoms with E-state index in [1.165, 1.54) is 6.26 Å². The van der Waals surface area contributed by atoms with Crippen LogP contribution in [0.25, 0.3) is 0 Å². The summed E-state index contributed by atoms with van der Waals surface area (Å²) in [6, 6.07) is 5.64. The minimum atomic E-state index is -3.06. The van der Waals surface area contributed by atoms with E-state index in [0.29, 0.717) is 5.69 Å². The molecule has 0 radical (unpaired) electrons. The maximum atomic E-state index is 11.5. The molecule has 18 heavy (non-hydrogen) atoms. The molecule has 1 atom stereocenters. The van der Waals surface area contributed by atoms with Crippen molar-refractivity contribution in [3.63, 3.8) is 0 Å². The van der Waals surface area contributed by atoms with Gasteiger partial charge in [0.25, 0.3) is 0 Å². The Morgan fingerprint density at radius 1 is 1.39 bits per heavy atom. The Kier molecular flexibility index (Phi) is 3.89. The zero-order chi connectivity index (χ0) is 13.2. The topological polar surface area (TPSA) is 84.2 Å². The van der Waals surface area contributed by atoms with Crippen LogP contribution >= 0.6 is 0 Å². The minimum absolute atomic E-state index is 0.0333. The van der Waals surface area contributed by atoms with Crippen molar-refractivity contribution in [1.29, 1.82) is 0 Å². The number of rotatable bonds is 3. The molecule has 0 spiro atoms. The molecule has 1 saturated heterocycles. The normalized spacial score (nSPS) is 20.8. The van der Waals surface area contributed by atoms with Crippen LogP contribution < -0.4 is 16.4 Å². The number of nitrogens with one attached hydrogen (secondary N) is 2. The molecule has 1 fully saturated rings. The van der Waals surface area contributed by atoms with Crippen LogP contribution in [-0.2, 0) is 15.6 Å². The lowest BCUT2D eigenvalue weighted by atomic mass is 9.99. The average molecular weight is 269 g/mol. The zero-order valence-electron chi connectivity index (χ0n) is 10.4. The SMILES string of the molecule is CS(=O)(=O)Cc1cc(N)ccc1C1CNCCN1. The molecular weight excluding hydrogens is 250 g/mol. The second-order valence-electron chi connectivity index (χ2n) is 4.74. The molecular formula is C12H19N3O2S. The summed E-state index contributed by atoms with van der Waals surface area (Å²) < 4.78 is 22.9. The van der Waals surface area contributed by atoms with Gasteiger partial charge < -0.3 is 16.4 Å². The third-order valence-electron chi connectivity index (χ3n) is 3.00. The average Bonchev–Trinajstić information content (AvgIpc) is 2.28. The Morgan fingerprint density at radius 3 is 2.78 bits per heavy atom. The first-order valence-electron chi connectivity index (χ1n) is 5.96. The second-order valence-corrected chi connectivity index (χ2v) is 6.88. The third-order valence-corrected chi connectivity index (χ3v) is 3.84. The predicted octanol–water partition coefficient (Wildman–Crippen LogP) is 0.0473. The van der Waals surface area contributed by atoms with Crippen LogP contribution in [0.4, 0.5) is 5.69 Å². The van der Waals surface area contributed by atoms with Gasteiger partial charge in [-0.2, -0.15) is 0 Å². The maximum absolute atomic E-state index is 11.5. The summed E-state index contributed by atoms with van der Waals surface area (Å²) in [5.41, 5.74) is 8.15. The number of hydrogen-bond donors (Lipinski definition) is 3. The highest BCUT2D eigenvalue weighted by Crippen LogP contribution is 2.23. The van der Waals surface area contributed by atoms with Crippen LogP contribution in [-0.4, -0.2) is 34.3 Å². The van der Waals surface area contributed by atoms with Crippen LogP contribution in [0.15, 0.2) is 18.2 Å². The number of hydrogen-bond acceptors (Lipinski definition) is 5. The molecule has 6 heteroatoms. The molecule has 0 bridgehead atoms. The standard InChI is InChI=1S/C12H19N3O2S/c1-18(16,17)8-9-6-10(13)2-3-11(9)12-7-14-4-5-15-12/h2-3,6,12,14-15H,4-5,7-8,13H2,1H3. The van der Waals surface area contributed by atoms with E-state index in [4.69, 9.17) is 5.73 Å². The van der Waals surface area contributed by atoms with Gasteiger partial charge in [-0.3, -0.25) is 0 Å². The van der Waals surface area contributed by atoms with E-state index in [0.717, 1.165) is 30.8 Å². The summed E-state index contributed by atoms with van der Waals surface area (Å²) in [4.78, 5) is 0. The van der Waals surface area contributed by atoms with E-state index in [1.807, 2.05) is 12.1 Å². The fraction of sp³-hybridized carbons (Fsp3) is 0.500. The lowest BCUT2D eigenvalue weighted by molar-refractivity contribution is 0.429. The number of anilines is 1. The Hall–Kier alpha value is -1.11. The van der Waals surface area contributed by atoms with E-state index < -0.39 is 9.84 Å². The molecule has 1 unspecified atom stereocenters. The first kappa shape index (κ1) is 13.3. The van der Waals surface area contributed by atoms with Crippen LogP contribution in [0, 0.1) is 0 Å². The minimum Gasteiger partial charge on any atom is -0.399 e. The largest absolute Gasteiger partial charge is 0.399 e. The maximum Gasteiger partial charge on any atom is 0.151 e. The van der Waals surface area contributed by atoms with Gasteiger partial charge in [-0.05, 0) is 23.3 Å². The van der Waals surface area contributed by atoms with E-state index in [9.17, 15) is 8.42 Å². The van der Waals surface area contributed by atoms with Crippen LogP contribution in [0.1, 0.15) is 17.2 Å². The monoisotopic (exact) mass is 269 g/mol. The Balaban J connectivity index is 2.33. The van der Waals surface area contributed by atoms with Crippen molar-refractivity contribution in [3.8, 4) is 0 Å². The summed E-state index contributed by atoms with van der Waals surface area (Å²) in [5, 5.41) is 6.68. The molecule has 100 valence electrons. The van der Waals surface area contributed by atoms with Crippen molar-refractivity contribution in [2.45, 2.75) is 11.8 Å². The Morgan fingerprint density at radius 2 is 2.17 bits per heavy atom. The molecule has 0 amide bonds. The van der Waals surface area contributed by atoms with Gasteiger partial charge in [0.1, 0.15) is 0 Å².